The molecule has 0 aliphatic carbocycles. The summed E-state index contributed by atoms with van der Waals surface area (Å²) in [6.07, 6.45) is 45.5. The molecule has 23 nitrogen and oxygen atoms in total. The van der Waals surface area contributed by atoms with Crippen LogP contribution in [0.2, 0.25) is 0 Å². The van der Waals surface area contributed by atoms with Crippen molar-refractivity contribution in [1.82, 2.24) is 15.5 Å². The molecule has 0 aromatic rings. The van der Waals surface area contributed by atoms with Crippen LogP contribution in [-0.4, -0.2) is 249 Å². The zero-order chi connectivity index (χ0) is 73.5. The third-order valence-electron chi connectivity index (χ3n) is 18.3. The lowest BCUT2D eigenvalue weighted by molar-refractivity contribution is -0.302. The van der Waals surface area contributed by atoms with Crippen molar-refractivity contribution in [3.05, 3.63) is 48.6 Å². The van der Waals surface area contributed by atoms with Gasteiger partial charge in [-0.2, -0.15) is 0 Å². The standard InChI is InChI=1S/C40H72O2.C38H73N3O18/c1-4-6-8-10-12-14-16-18-20-22-24-26-28-30-32-34-36-40(41-38-39(3)42-40)37-35-33-31-29-27-25-23-21-19-17-15-13-11-9-7-5-2;1-2-41(13-7-3-5-9-29(44)39-11-15-52-17-19-54-21-23-56-37-35(50)33(48)31(46)27(25-42)58-37)14-8-4-6-10-30(45)40-12-16-53-18-20-55-22-24-57-38-36(51)34(49)32(47)28(26-43)59-38/h12-15,18-21,39H,4-11,16-17,22-38H2,1-3H3;27-28,31-38,42-43,46-51H,2-26H2,1H3,(H,39,44)(H,40,45)/b14-12-,15-13-,20-18-,21-19-;/t39-;27?,28?,31-,32-,33+,34+,35?,36?,37+,38+/m01/s1. The molecule has 10 N–H and O–H groups in total. The summed E-state index contributed by atoms with van der Waals surface area (Å²) < 4.78 is 55.5. The van der Waals surface area contributed by atoms with Crippen molar-refractivity contribution in [3.63, 3.8) is 0 Å². The second-order valence-corrected chi connectivity index (χ2v) is 27.2. The molecule has 592 valence electrons. The van der Waals surface area contributed by atoms with Crippen LogP contribution in [0.3, 0.4) is 0 Å². The van der Waals surface area contributed by atoms with Crippen molar-refractivity contribution < 1.29 is 97.8 Å². The summed E-state index contributed by atoms with van der Waals surface area (Å²) in [5.41, 5.74) is 0. The minimum atomic E-state index is -1.49. The molecule has 4 unspecified atom stereocenters. The lowest BCUT2D eigenvalue weighted by Crippen LogP contribution is -2.59. The van der Waals surface area contributed by atoms with Gasteiger partial charge in [-0.25, -0.2) is 0 Å². The molecule has 3 saturated heterocycles. The lowest BCUT2D eigenvalue weighted by Gasteiger charge is -2.39. The van der Waals surface area contributed by atoms with Crippen LogP contribution in [0.1, 0.15) is 246 Å². The van der Waals surface area contributed by atoms with E-state index in [0.29, 0.717) is 65.6 Å². The van der Waals surface area contributed by atoms with Gasteiger partial charge in [0.2, 0.25) is 11.8 Å². The summed E-state index contributed by atoms with van der Waals surface area (Å²) in [5, 5.41) is 83.2. The molecule has 3 heterocycles. The Morgan fingerprint density at radius 2 is 0.792 bits per heavy atom. The number of hydrogen-bond acceptors (Lipinski definition) is 21. The van der Waals surface area contributed by atoms with Gasteiger partial charge >= 0.3 is 0 Å². The highest BCUT2D eigenvalue weighted by Crippen LogP contribution is 2.35. The van der Waals surface area contributed by atoms with E-state index in [1.165, 1.54) is 141 Å². The minimum Gasteiger partial charge on any atom is -0.394 e. The first-order valence-corrected chi connectivity index (χ1v) is 39.6. The minimum absolute atomic E-state index is 0.0115. The van der Waals surface area contributed by atoms with E-state index in [1.54, 1.807) is 0 Å². The maximum atomic E-state index is 12.1. The molecule has 2 amide bonds. The van der Waals surface area contributed by atoms with Crippen molar-refractivity contribution in [2.75, 3.05) is 119 Å². The number of ether oxygens (including phenoxy) is 10. The smallest absolute Gasteiger partial charge is 0.220 e. The summed E-state index contributed by atoms with van der Waals surface area (Å²) in [6.45, 7) is 14.6. The van der Waals surface area contributed by atoms with Gasteiger partial charge in [0.1, 0.15) is 48.8 Å². The Balaban J connectivity index is 0.000000728. The monoisotopic (exact) mass is 1440 g/mol. The number of aliphatic hydroxyl groups is 8. The lowest BCUT2D eigenvalue weighted by atomic mass is 9.98. The van der Waals surface area contributed by atoms with E-state index >= 15 is 0 Å². The van der Waals surface area contributed by atoms with Crippen molar-refractivity contribution >= 4 is 11.8 Å². The van der Waals surface area contributed by atoms with Gasteiger partial charge in [0.25, 0.3) is 0 Å². The largest absolute Gasteiger partial charge is 0.394 e. The van der Waals surface area contributed by atoms with Crippen LogP contribution in [0.4, 0.5) is 0 Å². The normalized spacial score (nSPS) is 23.1. The number of allylic oxidation sites excluding steroid dienone is 8. The molecule has 11 atom stereocenters. The molecule has 0 aromatic heterocycles. The average molecular weight is 1450 g/mol. The quantitative estimate of drug-likeness (QED) is 0.0200. The van der Waals surface area contributed by atoms with Gasteiger partial charge in [-0.1, -0.05) is 159 Å². The van der Waals surface area contributed by atoms with Crippen LogP contribution in [0.5, 0.6) is 0 Å². The van der Waals surface area contributed by atoms with Crippen LogP contribution in [0.25, 0.3) is 0 Å². The zero-order valence-corrected chi connectivity index (χ0v) is 63.2. The van der Waals surface area contributed by atoms with E-state index in [-0.39, 0.29) is 50.1 Å². The number of unbranched alkanes of at least 4 members (excludes halogenated alkanes) is 22. The first kappa shape index (κ1) is 94.2. The van der Waals surface area contributed by atoms with E-state index in [9.17, 15) is 50.4 Å². The highest BCUT2D eigenvalue weighted by Gasteiger charge is 2.45. The molecule has 0 aromatic carbocycles. The number of carbonyl (C=O) groups is 2. The summed E-state index contributed by atoms with van der Waals surface area (Å²) in [4.78, 5) is 26.7. The summed E-state index contributed by atoms with van der Waals surface area (Å²) in [5.74, 6) is -0.311. The topological polar surface area (TPSA) is 316 Å². The Bertz CT molecular complexity index is 1900. The number of nitrogens with zero attached hydrogens (tertiary/aromatic N) is 1. The fraction of sp³-hybridized carbons (Fsp3) is 0.872. The number of hydrogen-bond donors (Lipinski definition) is 10. The second kappa shape index (κ2) is 65.4. The molecule has 0 bridgehead atoms. The molecule has 0 radical (unpaired) electrons. The second-order valence-electron chi connectivity index (χ2n) is 27.2. The Labute approximate surface area is 609 Å². The zero-order valence-electron chi connectivity index (χ0n) is 63.2. The number of rotatable bonds is 65. The Morgan fingerprint density at radius 3 is 1.16 bits per heavy atom. The fourth-order valence-electron chi connectivity index (χ4n) is 12.1. The van der Waals surface area contributed by atoms with E-state index in [0.717, 1.165) is 90.4 Å². The van der Waals surface area contributed by atoms with Crippen LogP contribution in [0.15, 0.2) is 48.6 Å². The maximum absolute atomic E-state index is 12.1. The van der Waals surface area contributed by atoms with Crippen LogP contribution >= 0.6 is 0 Å². The molecular formula is C78H145N3O20. The highest BCUT2D eigenvalue weighted by molar-refractivity contribution is 5.76. The third-order valence-corrected chi connectivity index (χ3v) is 18.3. The van der Waals surface area contributed by atoms with Crippen molar-refractivity contribution in [3.8, 4) is 0 Å². The Morgan fingerprint density at radius 1 is 0.436 bits per heavy atom. The van der Waals surface area contributed by atoms with E-state index in [4.69, 9.17) is 47.4 Å². The van der Waals surface area contributed by atoms with Crippen LogP contribution in [0, 0.1) is 0 Å². The van der Waals surface area contributed by atoms with Gasteiger partial charge in [0.05, 0.1) is 92.0 Å². The predicted molar refractivity (Wildman–Crippen MR) is 395 cm³/mol. The molecule has 3 rings (SSSR count). The van der Waals surface area contributed by atoms with Crippen LogP contribution in [-0.2, 0) is 57.0 Å². The van der Waals surface area contributed by atoms with Crippen LogP contribution < -0.4 is 10.6 Å². The van der Waals surface area contributed by atoms with Crippen molar-refractivity contribution in [1.29, 1.82) is 0 Å². The highest BCUT2D eigenvalue weighted by atomic mass is 16.7. The molecular weight excluding hydrogens is 1300 g/mol. The number of amides is 2. The summed E-state index contributed by atoms with van der Waals surface area (Å²) in [6, 6.07) is 0. The first-order chi connectivity index (χ1) is 49.3. The number of nitrogens with one attached hydrogen (secondary N) is 2. The van der Waals surface area contributed by atoms with Gasteiger partial charge in [0, 0.05) is 38.8 Å². The Hall–Kier alpha value is -2.86. The number of aliphatic hydroxyl groups excluding tert-OH is 8. The van der Waals surface area contributed by atoms with E-state index < -0.39 is 74.6 Å². The predicted octanol–water partition coefficient (Wildman–Crippen LogP) is 9.89. The molecule has 0 saturated carbocycles. The van der Waals surface area contributed by atoms with Crippen molar-refractivity contribution in [2.24, 2.45) is 0 Å². The average Bonchev–Trinajstić information content (AvgIpc) is 1.24. The molecule has 3 aliphatic heterocycles. The van der Waals surface area contributed by atoms with Gasteiger partial charge in [0.15, 0.2) is 18.4 Å². The summed E-state index contributed by atoms with van der Waals surface area (Å²) in [7, 11) is 0. The van der Waals surface area contributed by atoms with E-state index in [1.807, 2.05) is 0 Å². The fourth-order valence-corrected chi connectivity index (χ4v) is 12.1. The summed E-state index contributed by atoms with van der Waals surface area (Å²) >= 11 is 0. The third kappa shape index (κ3) is 48.9. The van der Waals surface area contributed by atoms with Gasteiger partial charge < -0.3 is 104 Å². The maximum Gasteiger partial charge on any atom is 0.220 e. The molecule has 0 spiro atoms. The van der Waals surface area contributed by atoms with Gasteiger partial charge in [-0.05, 0) is 129 Å². The molecule has 101 heavy (non-hydrogen) atoms. The molecule has 3 aliphatic rings. The first-order valence-electron chi connectivity index (χ1n) is 39.6. The molecule has 23 heteroatoms. The van der Waals surface area contributed by atoms with E-state index in [2.05, 4.69) is 91.8 Å². The van der Waals surface area contributed by atoms with Gasteiger partial charge in [-0.3, -0.25) is 9.59 Å². The Kier molecular flexibility index (Phi) is 61.0. The number of carbonyl (C=O) groups excluding carboxylic acids is 2. The van der Waals surface area contributed by atoms with Crippen molar-refractivity contribution in [2.45, 2.75) is 319 Å². The molecule has 3 fully saturated rings. The van der Waals surface area contributed by atoms with Gasteiger partial charge in [-0.15, -0.1) is 0 Å². The SMILES string of the molecule is CCCCC/C=C\C/C=C\CCCCCCCCC1(CCCCCCCC/C=C\C/C=C\CCCCC)OC[C@H](C)O1.CCN(CCCCCC(=O)NCCOCCOCCO[C@H]1OC(CO)[C@@H](O)[C@H](O)C1O)CCCCCC(=O)NCCOCCOCCO[C@H]1OC(CO)[C@@H](O)[C@H](O)C1O.